The predicted octanol–water partition coefficient (Wildman–Crippen LogP) is 4.59. The van der Waals surface area contributed by atoms with Gasteiger partial charge in [0.25, 0.3) is 5.91 Å². The maximum Gasteiger partial charge on any atom is 0.251 e. The third-order valence-corrected chi connectivity index (χ3v) is 9.49. The number of carbonyl (C=O) groups excluding carboxylic acids is 1. The summed E-state index contributed by atoms with van der Waals surface area (Å²) >= 11 is 3.26. The van der Waals surface area contributed by atoms with E-state index in [9.17, 15) is 4.79 Å². The first-order valence-corrected chi connectivity index (χ1v) is 16.3. The van der Waals surface area contributed by atoms with Crippen LogP contribution in [0, 0.1) is 0 Å². The Morgan fingerprint density at radius 3 is 2.79 bits per heavy atom. The minimum absolute atomic E-state index is 0.119. The first-order valence-electron chi connectivity index (χ1n) is 14.5. The minimum Gasteiger partial charge on any atom is -0.364 e. The van der Waals surface area contributed by atoms with Crippen LogP contribution in [0.15, 0.2) is 65.0 Å². The normalized spacial score (nSPS) is 14.4. The maximum absolute atomic E-state index is 13.5. The Kier molecular flexibility index (Phi) is 9.03. The molecule has 1 saturated heterocycles. The van der Waals surface area contributed by atoms with Crippen LogP contribution in [0.2, 0.25) is 0 Å². The zero-order chi connectivity index (χ0) is 29.8. The van der Waals surface area contributed by atoms with Crippen molar-refractivity contribution in [3.05, 3.63) is 71.7 Å². The molecule has 43 heavy (non-hydrogen) atoms. The lowest BCUT2D eigenvalue weighted by molar-refractivity contribution is 0.0938. The summed E-state index contributed by atoms with van der Waals surface area (Å²) in [6, 6.07) is 12.2. The van der Waals surface area contributed by atoms with Crippen molar-refractivity contribution in [1.29, 1.82) is 0 Å². The summed E-state index contributed by atoms with van der Waals surface area (Å²) in [6.07, 6.45) is 5.27. The second-order valence-corrected chi connectivity index (χ2v) is 12.3. The molecule has 6 heterocycles. The topological polar surface area (TPSA) is 117 Å². The fourth-order valence-corrected chi connectivity index (χ4v) is 6.62. The number of hydrogen-bond donors (Lipinski definition) is 2. The number of pyridine rings is 1. The standard InChI is InChI=1S/C30H35N9O2S2/c1-4-37(5-2)20(3)15-31-30(40)21-13-26(24-16-32-39-10-8-25(34-29(24)39)27-7-6-12-42-27)33-28(14-21)38-17-23(18-38)36-43-19-22-9-11-41-35-22/h6-14,16,20,23,36H,4-5,15,17-19H2,1-3H3,(H,31,40). The molecule has 0 aromatic carbocycles. The number of fused-ring (bicyclic) bond motifs is 1. The number of carbonyl (C=O) groups is 1. The number of amides is 1. The van der Waals surface area contributed by atoms with Gasteiger partial charge in [0.1, 0.15) is 12.1 Å². The summed E-state index contributed by atoms with van der Waals surface area (Å²) in [5, 5.41) is 13.7. The maximum atomic E-state index is 13.5. The minimum atomic E-state index is -0.119. The lowest BCUT2D eigenvalue weighted by Crippen LogP contribution is -2.56. The highest BCUT2D eigenvalue weighted by atomic mass is 32.2. The molecule has 0 spiro atoms. The average molecular weight is 618 g/mol. The van der Waals surface area contributed by atoms with Gasteiger partial charge in [0.15, 0.2) is 5.65 Å². The summed E-state index contributed by atoms with van der Waals surface area (Å²) in [4.78, 5) is 29.0. The molecule has 1 amide bonds. The molecule has 2 N–H and O–H groups in total. The van der Waals surface area contributed by atoms with Crippen LogP contribution in [0.25, 0.3) is 27.5 Å². The first-order chi connectivity index (χ1) is 21.0. The smallest absolute Gasteiger partial charge is 0.251 e. The van der Waals surface area contributed by atoms with E-state index in [4.69, 9.17) is 14.5 Å². The van der Waals surface area contributed by atoms with Crippen molar-refractivity contribution in [3.8, 4) is 21.8 Å². The third kappa shape index (κ3) is 6.59. The van der Waals surface area contributed by atoms with E-state index in [2.05, 4.69) is 56.9 Å². The van der Waals surface area contributed by atoms with Crippen molar-refractivity contribution in [2.45, 2.75) is 38.6 Å². The molecule has 6 rings (SSSR count). The zero-order valence-corrected chi connectivity index (χ0v) is 26.1. The summed E-state index contributed by atoms with van der Waals surface area (Å²) in [5.74, 6) is 1.37. The number of nitrogens with one attached hydrogen (secondary N) is 2. The molecule has 0 saturated carbocycles. The lowest BCUT2D eigenvalue weighted by Gasteiger charge is -2.40. The van der Waals surface area contributed by atoms with Gasteiger partial charge in [-0.15, -0.1) is 11.3 Å². The van der Waals surface area contributed by atoms with Crippen molar-refractivity contribution in [1.82, 2.24) is 39.7 Å². The molecule has 5 aromatic heterocycles. The second kappa shape index (κ2) is 13.2. The monoisotopic (exact) mass is 617 g/mol. The van der Waals surface area contributed by atoms with Crippen LogP contribution in [0.3, 0.4) is 0 Å². The third-order valence-electron chi connectivity index (χ3n) is 7.65. The molecule has 224 valence electrons. The van der Waals surface area contributed by atoms with Gasteiger partial charge in [-0.3, -0.25) is 14.4 Å². The Morgan fingerprint density at radius 1 is 1.19 bits per heavy atom. The SMILES string of the molecule is CCN(CC)C(C)CNC(=O)c1cc(-c2cnn3ccc(-c4cccs4)nc23)nc(N2CC(NSCc3ccon3)C2)c1. The van der Waals surface area contributed by atoms with E-state index in [1.807, 2.05) is 41.9 Å². The van der Waals surface area contributed by atoms with Gasteiger partial charge in [-0.2, -0.15) is 5.10 Å². The van der Waals surface area contributed by atoms with Crippen molar-refractivity contribution < 1.29 is 9.32 Å². The van der Waals surface area contributed by atoms with Gasteiger partial charge in [0, 0.05) is 43.5 Å². The van der Waals surface area contributed by atoms with Gasteiger partial charge in [-0.25, -0.2) is 14.5 Å². The number of likely N-dealkylation sites (N-methyl/N-ethyl adjacent to an activating group) is 1. The zero-order valence-electron chi connectivity index (χ0n) is 24.4. The molecular weight excluding hydrogens is 583 g/mol. The highest BCUT2D eigenvalue weighted by Gasteiger charge is 2.29. The number of rotatable bonds is 13. The van der Waals surface area contributed by atoms with E-state index >= 15 is 0 Å². The second-order valence-electron chi connectivity index (χ2n) is 10.5. The highest BCUT2D eigenvalue weighted by Crippen LogP contribution is 2.30. The molecule has 11 nitrogen and oxygen atoms in total. The van der Waals surface area contributed by atoms with E-state index in [-0.39, 0.29) is 11.9 Å². The molecule has 0 radical (unpaired) electrons. The van der Waals surface area contributed by atoms with Gasteiger partial charge in [-0.05, 0) is 49.7 Å². The van der Waals surface area contributed by atoms with Crippen LogP contribution in [-0.4, -0.2) is 80.4 Å². The van der Waals surface area contributed by atoms with Gasteiger partial charge >= 0.3 is 0 Å². The summed E-state index contributed by atoms with van der Waals surface area (Å²) in [5.41, 5.74) is 4.50. The molecule has 13 heteroatoms. The summed E-state index contributed by atoms with van der Waals surface area (Å²) in [7, 11) is 0. The number of thiophene rings is 1. The molecule has 1 atom stereocenters. The quantitative estimate of drug-likeness (QED) is 0.182. The van der Waals surface area contributed by atoms with E-state index < -0.39 is 0 Å². The van der Waals surface area contributed by atoms with Crippen LogP contribution in [0.4, 0.5) is 5.82 Å². The van der Waals surface area contributed by atoms with E-state index in [1.54, 1.807) is 40.3 Å². The molecule has 0 aliphatic carbocycles. The predicted molar refractivity (Wildman–Crippen MR) is 171 cm³/mol. The summed E-state index contributed by atoms with van der Waals surface area (Å²) < 4.78 is 10.2. The molecular formula is C30H35N9O2S2. The van der Waals surface area contributed by atoms with Gasteiger partial charge in [0.2, 0.25) is 0 Å². The van der Waals surface area contributed by atoms with Crippen LogP contribution >= 0.6 is 23.3 Å². The van der Waals surface area contributed by atoms with E-state index in [0.29, 0.717) is 29.5 Å². The van der Waals surface area contributed by atoms with Crippen molar-refractivity contribution in [2.75, 3.05) is 37.6 Å². The Balaban J connectivity index is 1.25. The van der Waals surface area contributed by atoms with Crippen molar-refractivity contribution in [3.63, 3.8) is 0 Å². The van der Waals surface area contributed by atoms with E-state index in [0.717, 1.165) is 59.6 Å². The molecule has 1 unspecified atom stereocenters. The molecule has 1 aliphatic heterocycles. The highest BCUT2D eigenvalue weighted by molar-refractivity contribution is 7.96. The van der Waals surface area contributed by atoms with Crippen LogP contribution in [-0.2, 0) is 5.75 Å². The van der Waals surface area contributed by atoms with Crippen LogP contribution in [0.1, 0.15) is 36.8 Å². The average Bonchev–Trinajstić information content (AvgIpc) is 3.80. The van der Waals surface area contributed by atoms with Crippen molar-refractivity contribution in [2.24, 2.45) is 0 Å². The van der Waals surface area contributed by atoms with Crippen LogP contribution < -0.4 is 14.9 Å². The van der Waals surface area contributed by atoms with Crippen molar-refractivity contribution >= 4 is 40.7 Å². The fraction of sp³-hybridized carbons (Fsp3) is 0.367. The molecule has 0 bridgehead atoms. The van der Waals surface area contributed by atoms with Gasteiger partial charge < -0.3 is 14.7 Å². The number of hydrogen-bond acceptors (Lipinski definition) is 11. The Bertz CT molecular complexity index is 1650. The van der Waals surface area contributed by atoms with E-state index in [1.165, 1.54) is 0 Å². The Labute approximate surface area is 258 Å². The fourth-order valence-electron chi connectivity index (χ4n) is 5.16. The largest absolute Gasteiger partial charge is 0.364 e. The summed E-state index contributed by atoms with van der Waals surface area (Å²) in [6.45, 7) is 10.4. The molecule has 5 aromatic rings. The Hall–Kier alpha value is -3.78. The van der Waals surface area contributed by atoms with Crippen LogP contribution in [0.5, 0.6) is 0 Å². The lowest BCUT2D eigenvalue weighted by atomic mass is 10.1. The van der Waals surface area contributed by atoms with Gasteiger partial charge in [-0.1, -0.05) is 37.0 Å². The first kappa shape index (κ1) is 29.3. The van der Waals surface area contributed by atoms with Gasteiger partial charge in [0.05, 0.1) is 45.5 Å². The number of nitrogens with zero attached hydrogens (tertiary/aromatic N) is 7. The molecule has 1 fully saturated rings. The number of anilines is 1. The number of aromatic nitrogens is 5. The molecule has 1 aliphatic rings. The Morgan fingerprint density at radius 2 is 2.05 bits per heavy atom.